The lowest BCUT2D eigenvalue weighted by atomic mass is 9.85. The smallest absolute Gasteiger partial charge is 0.408 e. The van der Waals surface area contributed by atoms with Crippen molar-refractivity contribution in [3.05, 3.63) is 42.1 Å². The maximum absolute atomic E-state index is 14.4. The Morgan fingerprint density at radius 1 is 1.17 bits per heavy atom. The number of carboxylic acid groups (broad SMARTS) is 1. The summed E-state index contributed by atoms with van der Waals surface area (Å²) in [6.07, 6.45) is 1.65. The number of fused-ring (bicyclic) bond motifs is 1. The van der Waals surface area contributed by atoms with Gasteiger partial charge in [-0.3, -0.25) is 9.59 Å². The summed E-state index contributed by atoms with van der Waals surface area (Å²) in [5, 5.41) is 17.1. The molecule has 2 aliphatic rings. The third-order valence-corrected chi connectivity index (χ3v) is 8.64. The van der Waals surface area contributed by atoms with Crippen molar-refractivity contribution in [2.75, 3.05) is 13.7 Å². The van der Waals surface area contributed by atoms with Crippen LogP contribution < -0.4 is 20.1 Å². The van der Waals surface area contributed by atoms with Crippen LogP contribution in [0.3, 0.4) is 0 Å². The van der Waals surface area contributed by atoms with Crippen molar-refractivity contribution in [2.24, 2.45) is 17.3 Å². The number of nitrogens with one attached hydrogen (secondary N) is 2. The number of halogens is 1. The lowest BCUT2D eigenvalue weighted by molar-refractivity contribution is -0.146. The molecule has 6 unspecified atom stereocenters. The molecule has 13 heteroatoms. The van der Waals surface area contributed by atoms with Gasteiger partial charge in [0.15, 0.2) is 0 Å². The van der Waals surface area contributed by atoms with Gasteiger partial charge >= 0.3 is 12.1 Å². The number of rotatable bonds is 9. The average molecular weight is 659 g/mol. The third-order valence-electron chi connectivity index (χ3n) is 8.41. The largest absolute Gasteiger partial charge is 0.494 e. The van der Waals surface area contributed by atoms with Crippen LogP contribution in [0.4, 0.5) is 4.79 Å². The Balaban J connectivity index is 1.72. The molecule has 3 N–H and O–H groups in total. The van der Waals surface area contributed by atoms with Crippen LogP contribution in [-0.4, -0.2) is 81.8 Å². The average Bonchev–Trinajstić information content (AvgIpc) is 3.57. The molecular formula is C33H43ClN4O8. The normalized spacial score (nSPS) is 24.9. The van der Waals surface area contributed by atoms with Gasteiger partial charge in [-0.05, 0) is 50.8 Å². The zero-order chi connectivity index (χ0) is 34.4. The SMILES string of the molecule is C=CC1CC1(NC(=O)C1C(C)C(Oc2ncc(OC)c3ccc(Cl)cc23)CN1C(=O)C(NC(=O)OC(C)(C)C)C(C)(C)C)C(=O)O. The molecule has 6 atom stereocenters. The van der Waals surface area contributed by atoms with Crippen molar-refractivity contribution in [3.8, 4) is 11.6 Å². The number of hydrogen-bond acceptors (Lipinski definition) is 8. The number of aliphatic carboxylic acids is 1. The number of amides is 3. The molecule has 0 bridgehead atoms. The summed E-state index contributed by atoms with van der Waals surface area (Å²) in [5.41, 5.74) is -3.13. The van der Waals surface area contributed by atoms with Crippen molar-refractivity contribution < 1.29 is 38.5 Å². The van der Waals surface area contributed by atoms with Gasteiger partial charge in [0.05, 0.1) is 19.9 Å². The Kier molecular flexibility index (Phi) is 9.55. The lowest BCUT2D eigenvalue weighted by Crippen LogP contribution is -2.60. The summed E-state index contributed by atoms with van der Waals surface area (Å²) in [5.74, 6) is -2.75. The minimum atomic E-state index is -1.52. The molecule has 12 nitrogen and oxygen atoms in total. The molecule has 1 saturated carbocycles. The highest BCUT2D eigenvalue weighted by molar-refractivity contribution is 6.31. The van der Waals surface area contributed by atoms with Crippen molar-refractivity contribution in [2.45, 2.75) is 84.2 Å². The van der Waals surface area contributed by atoms with E-state index in [1.54, 1.807) is 66.7 Å². The number of likely N-dealkylation sites (tertiary alicyclic amines) is 1. The van der Waals surface area contributed by atoms with E-state index in [4.69, 9.17) is 25.8 Å². The van der Waals surface area contributed by atoms with E-state index in [1.165, 1.54) is 24.3 Å². The Morgan fingerprint density at radius 3 is 2.39 bits per heavy atom. The second-order valence-electron chi connectivity index (χ2n) is 14.0. The second kappa shape index (κ2) is 12.6. The number of carboxylic acids is 1. The van der Waals surface area contributed by atoms with E-state index in [9.17, 15) is 24.3 Å². The highest BCUT2D eigenvalue weighted by Crippen LogP contribution is 2.45. The van der Waals surface area contributed by atoms with Crippen LogP contribution in [0.1, 0.15) is 54.9 Å². The zero-order valence-corrected chi connectivity index (χ0v) is 28.2. The number of pyridine rings is 1. The summed E-state index contributed by atoms with van der Waals surface area (Å²) in [6.45, 7) is 15.9. The number of ether oxygens (including phenoxy) is 3. The second-order valence-corrected chi connectivity index (χ2v) is 14.5. The van der Waals surface area contributed by atoms with Crippen LogP contribution in [0.2, 0.25) is 5.02 Å². The van der Waals surface area contributed by atoms with Gasteiger partial charge in [-0.15, -0.1) is 6.58 Å². The summed E-state index contributed by atoms with van der Waals surface area (Å²) >= 11 is 6.31. The van der Waals surface area contributed by atoms with Crippen LogP contribution in [0.15, 0.2) is 37.1 Å². The fourth-order valence-corrected chi connectivity index (χ4v) is 6.00. The van der Waals surface area contributed by atoms with Gasteiger partial charge in [0.25, 0.3) is 0 Å². The van der Waals surface area contributed by atoms with Gasteiger partial charge in [0.1, 0.15) is 35.1 Å². The van der Waals surface area contributed by atoms with E-state index in [0.29, 0.717) is 21.5 Å². The minimum Gasteiger partial charge on any atom is -0.494 e. The van der Waals surface area contributed by atoms with E-state index in [0.717, 1.165) is 0 Å². The molecule has 2 fully saturated rings. The first-order valence-electron chi connectivity index (χ1n) is 15.1. The molecule has 2 aromatic rings. The van der Waals surface area contributed by atoms with Gasteiger partial charge < -0.3 is 34.9 Å². The first-order valence-corrected chi connectivity index (χ1v) is 15.5. The molecule has 1 aliphatic heterocycles. The summed E-state index contributed by atoms with van der Waals surface area (Å²) in [4.78, 5) is 59.2. The molecular weight excluding hydrogens is 616 g/mol. The molecule has 46 heavy (non-hydrogen) atoms. The fourth-order valence-electron chi connectivity index (χ4n) is 5.83. The number of carbonyl (C=O) groups is 4. The van der Waals surface area contributed by atoms with E-state index in [1.807, 2.05) is 0 Å². The number of aromatic nitrogens is 1. The zero-order valence-electron chi connectivity index (χ0n) is 27.5. The standard InChI is InChI=1S/C33H43ClN4O8/c1-10-18-14-33(18,29(41)42)37-26(39)24-17(2)23(45-27-21-13-19(34)11-12-20(21)22(44-9)15-35-27)16-38(24)28(40)25(31(3,4)5)36-30(43)46-32(6,7)8/h10-13,15,17-18,23-25H,1,14,16H2,2-9H3,(H,36,43)(H,37,39)(H,41,42). The topological polar surface area (TPSA) is 156 Å². The van der Waals surface area contributed by atoms with E-state index in [2.05, 4.69) is 22.2 Å². The quantitative estimate of drug-likeness (QED) is 0.328. The number of methoxy groups -OCH3 is 1. The van der Waals surface area contributed by atoms with Gasteiger partial charge in [-0.2, -0.15) is 0 Å². The molecule has 0 radical (unpaired) electrons. The van der Waals surface area contributed by atoms with Crippen molar-refractivity contribution >= 4 is 46.3 Å². The molecule has 1 aromatic carbocycles. The van der Waals surface area contributed by atoms with Crippen molar-refractivity contribution in [3.63, 3.8) is 0 Å². The number of alkyl carbamates (subject to hydrolysis) is 1. The molecule has 1 aromatic heterocycles. The van der Waals surface area contributed by atoms with Crippen LogP contribution in [-0.2, 0) is 19.1 Å². The maximum Gasteiger partial charge on any atom is 0.408 e. The van der Waals surface area contributed by atoms with E-state index >= 15 is 0 Å². The first kappa shape index (κ1) is 34.8. The molecule has 250 valence electrons. The van der Waals surface area contributed by atoms with Gasteiger partial charge in [0, 0.05) is 27.6 Å². The van der Waals surface area contributed by atoms with Crippen LogP contribution >= 0.6 is 11.6 Å². The van der Waals surface area contributed by atoms with E-state index < -0.39 is 70.5 Å². The Bertz CT molecular complexity index is 1550. The number of benzene rings is 1. The highest BCUT2D eigenvalue weighted by atomic mass is 35.5. The predicted octanol–water partition coefficient (Wildman–Crippen LogP) is 4.58. The lowest BCUT2D eigenvalue weighted by Gasteiger charge is -2.36. The predicted molar refractivity (Wildman–Crippen MR) is 172 cm³/mol. The Morgan fingerprint density at radius 2 is 1.85 bits per heavy atom. The molecule has 0 spiro atoms. The molecule has 4 rings (SSSR count). The number of carbonyl (C=O) groups excluding carboxylic acids is 3. The summed E-state index contributed by atoms with van der Waals surface area (Å²) in [6, 6.07) is 2.94. The third kappa shape index (κ3) is 7.01. The van der Waals surface area contributed by atoms with E-state index in [-0.39, 0.29) is 18.8 Å². The van der Waals surface area contributed by atoms with Crippen molar-refractivity contribution in [1.82, 2.24) is 20.5 Å². The van der Waals surface area contributed by atoms with Gasteiger partial charge in [-0.1, -0.05) is 45.4 Å². The monoisotopic (exact) mass is 658 g/mol. The van der Waals surface area contributed by atoms with Crippen molar-refractivity contribution in [1.29, 1.82) is 0 Å². The molecule has 1 aliphatic carbocycles. The highest BCUT2D eigenvalue weighted by Gasteiger charge is 2.62. The van der Waals surface area contributed by atoms with Gasteiger partial charge in [0.2, 0.25) is 17.7 Å². The summed E-state index contributed by atoms with van der Waals surface area (Å²) in [7, 11) is 1.52. The molecule has 2 heterocycles. The first-order chi connectivity index (χ1) is 21.3. The maximum atomic E-state index is 14.4. The Hall–Kier alpha value is -4.06. The fraction of sp³-hybridized carbons (Fsp3) is 0.545. The van der Waals surface area contributed by atoms with Crippen LogP contribution in [0.5, 0.6) is 11.6 Å². The number of hydrogen-bond donors (Lipinski definition) is 3. The molecule has 1 saturated heterocycles. The van der Waals surface area contributed by atoms with Gasteiger partial charge in [-0.25, -0.2) is 14.6 Å². The summed E-state index contributed by atoms with van der Waals surface area (Å²) < 4.78 is 17.3. The number of nitrogens with zero attached hydrogens (tertiary/aromatic N) is 2. The molecule has 3 amide bonds. The van der Waals surface area contributed by atoms with Crippen LogP contribution in [0.25, 0.3) is 10.8 Å². The van der Waals surface area contributed by atoms with Crippen LogP contribution in [0, 0.1) is 17.3 Å². The Labute approximate surface area is 273 Å². The minimum absolute atomic E-state index is 0.0542.